The molecule has 0 amide bonds. The van der Waals surface area contributed by atoms with Gasteiger partial charge in [-0.05, 0) is 35.8 Å². The maximum Gasteiger partial charge on any atom is 0.337 e. The van der Waals surface area contributed by atoms with Crippen molar-refractivity contribution >= 4 is 23.1 Å². The molecule has 0 fully saturated rings. The summed E-state index contributed by atoms with van der Waals surface area (Å²) in [6.07, 6.45) is 1.28. The van der Waals surface area contributed by atoms with Gasteiger partial charge in [0.2, 0.25) is 0 Å². The Kier molecular flexibility index (Phi) is 5.17. The van der Waals surface area contributed by atoms with Gasteiger partial charge in [0.05, 0.1) is 11.5 Å². The Hall–Kier alpha value is -2.66. The second-order valence-corrected chi connectivity index (χ2v) is 9.49. The molecular weight excluding hydrogens is 382 g/mol. The largest absolute Gasteiger partial charge is 0.457 e. The number of ether oxygens (including phenoxy) is 1. The molecule has 0 bridgehead atoms. The maximum atomic E-state index is 13.1. The lowest BCUT2D eigenvalue weighted by atomic mass is 9.70. The van der Waals surface area contributed by atoms with E-state index in [-0.39, 0.29) is 29.7 Å². The zero-order valence-corrected chi connectivity index (χ0v) is 17.8. The van der Waals surface area contributed by atoms with Crippen molar-refractivity contribution in [3.63, 3.8) is 0 Å². The zero-order valence-electron chi connectivity index (χ0n) is 17.0. The van der Waals surface area contributed by atoms with Crippen LogP contribution in [0.3, 0.4) is 0 Å². The van der Waals surface area contributed by atoms with Gasteiger partial charge in [-0.15, -0.1) is 11.3 Å². The van der Waals surface area contributed by atoms with Gasteiger partial charge < -0.3 is 10.1 Å². The van der Waals surface area contributed by atoms with Gasteiger partial charge in [-0.2, -0.15) is 0 Å². The Morgan fingerprint density at radius 1 is 1.17 bits per heavy atom. The van der Waals surface area contributed by atoms with Crippen LogP contribution in [-0.2, 0) is 20.9 Å². The number of benzene rings is 1. The van der Waals surface area contributed by atoms with Crippen LogP contribution in [0.25, 0.3) is 0 Å². The van der Waals surface area contributed by atoms with Crippen LogP contribution in [0.5, 0.6) is 0 Å². The van der Waals surface area contributed by atoms with E-state index in [9.17, 15) is 9.59 Å². The van der Waals surface area contributed by atoms with Gasteiger partial charge in [0.15, 0.2) is 5.78 Å². The summed E-state index contributed by atoms with van der Waals surface area (Å²) in [5.74, 6) is -0.623. The molecule has 1 aromatic carbocycles. The molecule has 2 aliphatic rings. The van der Waals surface area contributed by atoms with Crippen LogP contribution in [0.2, 0.25) is 0 Å². The average molecular weight is 408 g/mol. The SMILES string of the molecule is CC1=C(C(=O)OCc2ccccc2)C(c2cccs2)C2=C(CC(C)(C)CC2=O)N1. The van der Waals surface area contributed by atoms with Crippen molar-refractivity contribution in [1.82, 2.24) is 5.32 Å². The minimum absolute atomic E-state index is 0.0888. The topological polar surface area (TPSA) is 55.4 Å². The number of hydrogen-bond acceptors (Lipinski definition) is 5. The highest BCUT2D eigenvalue weighted by Gasteiger charge is 2.43. The lowest BCUT2D eigenvalue weighted by Crippen LogP contribution is -2.38. The van der Waals surface area contributed by atoms with Crippen molar-refractivity contribution in [2.24, 2.45) is 5.41 Å². The van der Waals surface area contributed by atoms with E-state index in [2.05, 4.69) is 19.2 Å². The number of dihydropyridines is 1. The molecule has 1 N–H and O–H groups in total. The fraction of sp³-hybridized carbons (Fsp3) is 0.333. The fourth-order valence-corrected chi connectivity index (χ4v) is 5.09. The summed E-state index contributed by atoms with van der Waals surface area (Å²) in [7, 11) is 0. The number of hydrogen-bond donors (Lipinski definition) is 1. The zero-order chi connectivity index (χ0) is 20.6. The Bertz CT molecular complexity index is 1000. The third kappa shape index (κ3) is 3.92. The van der Waals surface area contributed by atoms with Gasteiger partial charge in [0.1, 0.15) is 6.61 Å². The second kappa shape index (κ2) is 7.64. The van der Waals surface area contributed by atoms with E-state index in [0.717, 1.165) is 33.8 Å². The lowest BCUT2D eigenvalue weighted by Gasteiger charge is -2.39. The summed E-state index contributed by atoms with van der Waals surface area (Å²) in [6.45, 7) is 6.33. The molecule has 29 heavy (non-hydrogen) atoms. The van der Waals surface area contributed by atoms with Crippen molar-refractivity contribution in [3.8, 4) is 0 Å². The van der Waals surface area contributed by atoms with Crippen molar-refractivity contribution in [1.29, 1.82) is 0 Å². The van der Waals surface area contributed by atoms with Crippen LogP contribution in [0.15, 0.2) is 70.4 Å². The number of esters is 1. The van der Waals surface area contributed by atoms with Crippen molar-refractivity contribution < 1.29 is 14.3 Å². The molecule has 1 unspecified atom stereocenters. The first kappa shape index (κ1) is 19.6. The van der Waals surface area contributed by atoms with Gasteiger partial charge in [0.25, 0.3) is 0 Å². The number of ketones is 1. The van der Waals surface area contributed by atoms with Crippen LogP contribution in [0.1, 0.15) is 50.0 Å². The number of carbonyl (C=O) groups is 2. The minimum atomic E-state index is -0.374. The van der Waals surface area contributed by atoms with Gasteiger partial charge >= 0.3 is 5.97 Å². The Balaban J connectivity index is 1.69. The summed E-state index contributed by atoms with van der Waals surface area (Å²) in [6, 6.07) is 13.6. The first-order chi connectivity index (χ1) is 13.9. The van der Waals surface area contributed by atoms with Crippen LogP contribution in [-0.4, -0.2) is 11.8 Å². The first-order valence-electron chi connectivity index (χ1n) is 9.84. The molecule has 1 aromatic heterocycles. The van der Waals surface area contributed by atoms with Crippen molar-refractivity contribution in [2.75, 3.05) is 0 Å². The molecule has 0 saturated heterocycles. The molecular formula is C24H25NO3S. The molecule has 0 saturated carbocycles. The number of allylic oxidation sites excluding steroid dienone is 3. The van der Waals surface area contributed by atoms with E-state index in [4.69, 9.17) is 4.74 Å². The van der Waals surface area contributed by atoms with Crippen LogP contribution >= 0.6 is 11.3 Å². The molecule has 2 heterocycles. The molecule has 1 aliphatic carbocycles. The monoisotopic (exact) mass is 407 g/mol. The summed E-state index contributed by atoms with van der Waals surface area (Å²) in [4.78, 5) is 27.3. The highest BCUT2D eigenvalue weighted by atomic mass is 32.1. The average Bonchev–Trinajstić information content (AvgIpc) is 3.19. The number of Topliss-reactive ketones (excluding diaryl/α,β-unsaturated/α-hetero) is 1. The predicted octanol–water partition coefficient (Wildman–Crippen LogP) is 5.10. The summed E-state index contributed by atoms with van der Waals surface area (Å²) >= 11 is 1.57. The summed E-state index contributed by atoms with van der Waals surface area (Å²) in [5.41, 5.74) is 3.83. The highest BCUT2D eigenvalue weighted by Crippen LogP contribution is 2.47. The molecule has 0 spiro atoms. The fourth-order valence-electron chi connectivity index (χ4n) is 4.25. The number of thiophene rings is 1. The highest BCUT2D eigenvalue weighted by molar-refractivity contribution is 7.10. The Morgan fingerprint density at radius 2 is 1.93 bits per heavy atom. The molecule has 0 radical (unpaired) electrons. The molecule has 150 valence electrons. The first-order valence-corrected chi connectivity index (χ1v) is 10.7. The molecule has 1 aliphatic heterocycles. The van der Waals surface area contributed by atoms with E-state index in [1.54, 1.807) is 11.3 Å². The Labute approximate surface area is 175 Å². The van der Waals surface area contributed by atoms with Gasteiger partial charge in [-0.3, -0.25) is 4.79 Å². The van der Waals surface area contributed by atoms with Crippen molar-refractivity contribution in [3.05, 3.63) is 80.8 Å². The number of rotatable bonds is 4. The second-order valence-electron chi connectivity index (χ2n) is 8.51. The van der Waals surface area contributed by atoms with Gasteiger partial charge in [-0.25, -0.2) is 4.79 Å². The van der Waals surface area contributed by atoms with Crippen LogP contribution in [0.4, 0.5) is 0 Å². The maximum absolute atomic E-state index is 13.1. The number of carbonyl (C=O) groups excluding carboxylic acids is 2. The normalized spacial score (nSPS) is 20.9. The van der Waals surface area contributed by atoms with Crippen LogP contribution in [0, 0.1) is 5.41 Å². The third-order valence-corrected chi connectivity index (χ3v) is 6.44. The summed E-state index contributed by atoms with van der Waals surface area (Å²) in [5, 5.41) is 5.35. The predicted molar refractivity (Wildman–Crippen MR) is 114 cm³/mol. The number of nitrogens with one attached hydrogen (secondary N) is 1. The minimum Gasteiger partial charge on any atom is -0.457 e. The third-order valence-electron chi connectivity index (χ3n) is 5.50. The quantitative estimate of drug-likeness (QED) is 0.717. The smallest absolute Gasteiger partial charge is 0.337 e. The van der Waals surface area contributed by atoms with E-state index in [1.165, 1.54) is 0 Å². The molecule has 4 nitrogen and oxygen atoms in total. The van der Waals surface area contributed by atoms with E-state index in [1.807, 2.05) is 54.8 Å². The molecule has 2 aromatic rings. The van der Waals surface area contributed by atoms with Crippen molar-refractivity contribution in [2.45, 2.75) is 46.1 Å². The van der Waals surface area contributed by atoms with Gasteiger partial charge in [-0.1, -0.05) is 50.2 Å². The standard InChI is InChI=1S/C24H25NO3S/c1-15-20(23(27)28-14-16-8-5-4-6-9-16)22(19-10-7-11-29-19)21-17(25-15)12-24(2,3)13-18(21)26/h4-11,22,25H,12-14H2,1-3H3. The molecule has 1 atom stereocenters. The Morgan fingerprint density at radius 3 is 2.62 bits per heavy atom. The van der Waals surface area contributed by atoms with Gasteiger partial charge in [0, 0.05) is 28.3 Å². The lowest BCUT2D eigenvalue weighted by molar-refractivity contribution is -0.140. The molecule has 5 heteroatoms. The van der Waals surface area contributed by atoms with E-state index < -0.39 is 0 Å². The van der Waals surface area contributed by atoms with E-state index in [0.29, 0.717) is 12.0 Å². The van der Waals surface area contributed by atoms with Crippen LogP contribution < -0.4 is 5.32 Å². The molecule has 4 rings (SSSR count). The van der Waals surface area contributed by atoms with E-state index >= 15 is 0 Å². The summed E-state index contributed by atoms with van der Waals surface area (Å²) < 4.78 is 5.66.